The molecule has 3 fully saturated rings. The Balaban J connectivity index is 0.932. The van der Waals surface area contributed by atoms with Gasteiger partial charge in [0.15, 0.2) is 0 Å². The number of rotatable bonds is 7. The van der Waals surface area contributed by atoms with Crippen molar-refractivity contribution in [2.24, 2.45) is 0 Å². The Hall–Kier alpha value is -4.22. The van der Waals surface area contributed by atoms with E-state index in [1.807, 2.05) is 12.4 Å². The second kappa shape index (κ2) is 12.8. The summed E-state index contributed by atoms with van der Waals surface area (Å²) in [5.74, 6) is -0.548. The Morgan fingerprint density at radius 3 is 2.32 bits per heavy atom. The minimum atomic E-state index is -1.35. The van der Waals surface area contributed by atoms with Crippen molar-refractivity contribution in [1.82, 2.24) is 25.1 Å². The van der Waals surface area contributed by atoms with Crippen molar-refractivity contribution in [3.8, 4) is 0 Å². The molecule has 4 aliphatic heterocycles. The van der Waals surface area contributed by atoms with Crippen LogP contribution in [-0.2, 0) is 34.7 Å². The number of nitrogens with zero attached hydrogens (tertiary/aromatic N) is 5. The van der Waals surface area contributed by atoms with Gasteiger partial charge < -0.3 is 14.9 Å². The Kier molecular flexibility index (Phi) is 8.52. The number of aromatic nitrogens is 2. The van der Waals surface area contributed by atoms with Gasteiger partial charge in [0.1, 0.15) is 17.7 Å². The van der Waals surface area contributed by atoms with Gasteiger partial charge in [-0.1, -0.05) is 19.1 Å². The number of hydrogen-bond acceptors (Lipinski definition) is 8. The lowest BCUT2D eigenvalue weighted by molar-refractivity contribution is -0.136. The van der Waals surface area contributed by atoms with E-state index in [1.54, 1.807) is 6.07 Å². The van der Waals surface area contributed by atoms with Crippen molar-refractivity contribution in [1.29, 1.82) is 0 Å². The SMILES string of the molecule is CCc1cnc(C2CCN(c3ccc(CN4CCC(O)(c5cc6c(cc5F)C(=O)N(C5CCC(=O)NC5=O)C6)CC4)cc3)CC2)nc1. The van der Waals surface area contributed by atoms with Gasteiger partial charge in [-0.25, -0.2) is 14.4 Å². The molecule has 3 saturated heterocycles. The first kappa shape index (κ1) is 31.4. The van der Waals surface area contributed by atoms with Gasteiger partial charge in [-0.15, -0.1) is 0 Å². The molecule has 47 heavy (non-hydrogen) atoms. The van der Waals surface area contributed by atoms with E-state index in [0.717, 1.165) is 44.7 Å². The molecule has 0 bridgehead atoms. The second-order valence-electron chi connectivity index (χ2n) is 13.4. The monoisotopic (exact) mass is 640 g/mol. The summed E-state index contributed by atoms with van der Waals surface area (Å²) in [5, 5.41) is 13.9. The average molecular weight is 641 g/mol. The van der Waals surface area contributed by atoms with Gasteiger partial charge in [0, 0.05) is 80.8 Å². The van der Waals surface area contributed by atoms with Crippen LogP contribution in [0.2, 0.25) is 0 Å². The van der Waals surface area contributed by atoms with Gasteiger partial charge >= 0.3 is 0 Å². The van der Waals surface area contributed by atoms with E-state index in [4.69, 9.17) is 0 Å². The highest BCUT2D eigenvalue weighted by Gasteiger charge is 2.42. The highest BCUT2D eigenvalue weighted by Crippen LogP contribution is 2.38. The van der Waals surface area contributed by atoms with Crippen LogP contribution in [0.25, 0.3) is 0 Å². The first-order valence-corrected chi connectivity index (χ1v) is 16.8. The van der Waals surface area contributed by atoms with Crippen molar-refractivity contribution < 1.29 is 23.9 Å². The minimum Gasteiger partial charge on any atom is -0.385 e. The van der Waals surface area contributed by atoms with Gasteiger partial charge in [-0.2, -0.15) is 0 Å². The standard InChI is InChI=1S/C36H41FN6O4/c1-2-23-19-38-33(39-20-23)25-9-13-42(14-10-25)27-5-3-24(4-6-27)21-41-15-11-36(47,12-16-41)29-17-26-22-43(35(46)28(26)18-30(29)37)31-7-8-32(44)40-34(31)45/h3-6,17-20,25,31,47H,2,7-16,21-22H2,1H3,(H,40,44,45). The molecule has 7 rings (SSSR count). The molecule has 1 atom stereocenters. The number of imide groups is 1. The van der Waals surface area contributed by atoms with E-state index in [9.17, 15) is 19.5 Å². The topological polar surface area (TPSA) is 119 Å². The number of piperidine rings is 3. The van der Waals surface area contributed by atoms with Gasteiger partial charge in [0.05, 0.1) is 5.60 Å². The second-order valence-corrected chi connectivity index (χ2v) is 13.4. The molecule has 0 saturated carbocycles. The fourth-order valence-corrected chi connectivity index (χ4v) is 7.52. The first-order chi connectivity index (χ1) is 22.7. The molecule has 0 aliphatic carbocycles. The van der Waals surface area contributed by atoms with Crippen LogP contribution in [0.5, 0.6) is 0 Å². The number of benzene rings is 2. The van der Waals surface area contributed by atoms with Crippen molar-refractivity contribution >= 4 is 23.4 Å². The van der Waals surface area contributed by atoms with Gasteiger partial charge in [-0.05, 0) is 79.5 Å². The first-order valence-electron chi connectivity index (χ1n) is 16.8. The molecule has 11 heteroatoms. The maximum absolute atomic E-state index is 15.4. The number of aryl methyl sites for hydroxylation is 1. The number of anilines is 1. The molecule has 4 aliphatic rings. The number of fused-ring (bicyclic) bond motifs is 1. The van der Waals surface area contributed by atoms with Crippen LogP contribution >= 0.6 is 0 Å². The van der Waals surface area contributed by atoms with E-state index in [-0.39, 0.29) is 36.4 Å². The summed E-state index contributed by atoms with van der Waals surface area (Å²) < 4.78 is 15.4. The number of carbonyl (C=O) groups is 3. The molecule has 3 amide bonds. The molecule has 1 unspecified atom stereocenters. The quantitative estimate of drug-likeness (QED) is 0.375. The smallest absolute Gasteiger partial charge is 0.255 e. The number of aliphatic hydroxyl groups is 1. The van der Waals surface area contributed by atoms with E-state index in [1.165, 1.54) is 27.8 Å². The molecular formula is C36H41FN6O4. The van der Waals surface area contributed by atoms with Gasteiger partial charge in [0.2, 0.25) is 11.8 Å². The van der Waals surface area contributed by atoms with Crippen molar-refractivity contribution in [3.05, 3.63) is 88.3 Å². The fourth-order valence-electron chi connectivity index (χ4n) is 7.52. The molecular weight excluding hydrogens is 599 g/mol. The molecule has 2 aromatic carbocycles. The molecule has 246 valence electrons. The highest BCUT2D eigenvalue weighted by atomic mass is 19.1. The molecule has 0 radical (unpaired) electrons. The zero-order valence-electron chi connectivity index (χ0n) is 26.8. The molecule has 0 spiro atoms. The highest BCUT2D eigenvalue weighted by molar-refractivity contribution is 6.05. The largest absolute Gasteiger partial charge is 0.385 e. The lowest BCUT2D eigenvalue weighted by atomic mass is 9.82. The third-order valence-corrected chi connectivity index (χ3v) is 10.5. The lowest BCUT2D eigenvalue weighted by Gasteiger charge is -2.39. The Morgan fingerprint density at radius 2 is 1.66 bits per heavy atom. The summed E-state index contributed by atoms with van der Waals surface area (Å²) >= 11 is 0. The van der Waals surface area contributed by atoms with Crippen LogP contribution in [0.3, 0.4) is 0 Å². The van der Waals surface area contributed by atoms with E-state index in [2.05, 4.69) is 56.3 Å². The van der Waals surface area contributed by atoms with Crippen molar-refractivity contribution in [2.45, 2.75) is 82.5 Å². The fraction of sp³-hybridized carbons (Fsp3) is 0.472. The summed E-state index contributed by atoms with van der Waals surface area (Å²) in [6, 6.07) is 10.7. The van der Waals surface area contributed by atoms with E-state index < -0.39 is 29.3 Å². The number of likely N-dealkylation sites (tertiary alicyclic amines) is 1. The third-order valence-electron chi connectivity index (χ3n) is 10.5. The third kappa shape index (κ3) is 6.26. The normalized spacial score (nSPS) is 22.0. The molecule has 1 aromatic heterocycles. The summed E-state index contributed by atoms with van der Waals surface area (Å²) in [7, 11) is 0. The number of carbonyl (C=O) groups excluding carboxylic acids is 3. The lowest BCUT2D eigenvalue weighted by Crippen LogP contribution is -2.52. The predicted molar refractivity (Wildman–Crippen MR) is 173 cm³/mol. The van der Waals surface area contributed by atoms with E-state index in [0.29, 0.717) is 37.4 Å². The zero-order chi connectivity index (χ0) is 32.7. The Morgan fingerprint density at radius 1 is 0.957 bits per heavy atom. The van der Waals surface area contributed by atoms with Gasteiger partial charge in [-0.3, -0.25) is 24.6 Å². The maximum Gasteiger partial charge on any atom is 0.255 e. The summed E-state index contributed by atoms with van der Waals surface area (Å²) in [6.07, 6.45) is 8.04. The summed E-state index contributed by atoms with van der Waals surface area (Å²) in [6.45, 7) is 6.14. The molecule has 5 heterocycles. The number of amides is 3. The summed E-state index contributed by atoms with van der Waals surface area (Å²) in [4.78, 5) is 52.3. The Labute approximate surface area is 274 Å². The van der Waals surface area contributed by atoms with Crippen LogP contribution in [0.15, 0.2) is 48.8 Å². The van der Waals surface area contributed by atoms with E-state index >= 15 is 4.39 Å². The Bertz CT molecular complexity index is 1660. The van der Waals surface area contributed by atoms with Crippen molar-refractivity contribution in [2.75, 3.05) is 31.1 Å². The van der Waals surface area contributed by atoms with Crippen LogP contribution in [0.4, 0.5) is 10.1 Å². The predicted octanol–water partition coefficient (Wildman–Crippen LogP) is 3.81. The molecule has 2 N–H and O–H groups in total. The molecule has 3 aromatic rings. The zero-order valence-corrected chi connectivity index (χ0v) is 26.8. The van der Waals surface area contributed by atoms with Crippen molar-refractivity contribution in [3.63, 3.8) is 0 Å². The van der Waals surface area contributed by atoms with Gasteiger partial charge in [0.25, 0.3) is 5.91 Å². The average Bonchev–Trinajstić information content (AvgIpc) is 3.40. The van der Waals surface area contributed by atoms with Crippen LogP contribution in [0.1, 0.15) is 89.8 Å². The number of nitrogens with one attached hydrogen (secondary N) is 1. The number of halogens is 1. The maximum atomic E-state index is 15.4. The van der Waals surface area contributed by atoms with Crippen LogP contribution < -0.4 is 10.2 Å². The minimum absolute atomic E-state index is 0.144. The number of hydrogen-bond donors (Lipinski definition) is 2. The van der Waals surface area contributed by atoms with Crippen LogP contribution in [0, 0.1) is 5.82 Å². The molecule has 10 nitrogen and oxygen atoms in total. The summed E-state index contributed by atoms with van der Waals surface area (Å²) in [5.41, 5.74) is 3.22. The van der Waals surface area contributed by atoms with Crippen LogP contribution in [-0.4, -0.2) is 74.8 Å².